The van der Waals surface area contributed by atoms with Crippen molar-refractivity contribution in [3.05, 3.63) is 51.4 Å². The molecule has 0 fully saturated rings. The molecule has 1 unspecified atom stereocenters. The van der Waals surface area contributed by atoms with E-state index in [1.807, 2.05) is 0 Å². The van der Waals surface area contributed by atoms with Crippen molar-refractivity contribution in [3.8, 4) is 0 Å². The Hall–Kier alpha value is -2.01. The fourth-order valence-electron chi connectivity index (χ4n) is 2.79. The Morgan fingerprint density at radius 2 is 2.29 bits per heavy atom. The second kappa shape index (κ2) is 5.77. The van der Waals surface area contributed by atoms with Gasteiger partial charge in [0.2, 0.25) is 0 Å². The van der Waals surface area contributed by atoms with E-state index >= 15 is 0 Å². The summed E-state index contributed by atoms with van der Waals surface area (Å²) in [7, 11) is 0. The zero-order chi connectivity index (χ0) is 14.8. The number of para-hydroxylation sites is 1. The highest BCUT2D eigenvalue weighted by atomic mass is 35.5. The lowest BCUT2D eigenvalue weighted by molar-refractivity contribution is 0.680. The first kappa shape index (κ1) is 13.9. The van der Waals surface area contributed by atoms with E-state index in [2.05, 4.69) is 51.6 Å². The molecule has 2 aromatic rings. The summed E-state index contributed by atoms with van der Waals surface area (Å²) in [6.45, 7) is 3.77. The van der Waals surface area contributed by atoms with E-state index in [-0.39, 0.29) is 10.6 Å². The number of hydrogen-bond acceptors (Lipinski definition) is 4. The molecule has 1 aliphatic rings. The van der Waals surface area contributed by atoms with Crippen molar-refractivity contribution in [1.29, 1.82) is 0 Å². The summed E-state index contributed by atoms with van der Waals surface area (Å²) in [4.78, 5) is 13.7. The van der Waals surface area contributed by atoms with Crippen LogP contribution in [0.4, 0.5) is 11.4 Å². The SMILES string of the molecule is CC1Cc2ccccc2N1CCNc1cn[nH]c(=O)c1Cl. The minimum atomic E-state index is -0.374. The molecule has 6 heteroatoms. The number of aromatic amines is 1. The lowest BCUT2D eigenvalue weighted by atomic mass is 10.1. The summed E-state index contributed by atoms with van der Waals surface area (Å²) >= 11 is 5.94. The molecular formula is C15H17ClN4O. The van der Waals surface area contributed by atoms with Gasteiger partial charge in [0, 0.05) is 24.8 Å². The lowest BCUT2D eigenvalue weighted by Crippen LogP contribution is -2.33. The normalized spacial score (nSPS) is 16.9. The molecule has 2 N–H and O–H groups in total. The minimum absolute atomic E-state index is 0.153. The summed E-state index contributed by atoms with van der Waals surface area (Å²) in [6, 6.07) is 8.96. The predicted molar refractivity (Wildman–Crippen MR) is 85.3 cm³/mol. The van der Waals surface area contributed by atoms with Gasteiger partial charge in [-0.15, -0.1) is 0 Å². The van der Waals surface area contributed by atoms with Gasteiger partial charge in [-0.2, -0.15) is 5.10 Å². The Morgan fingerprint density at radius 1 is 1.48 bits per heavy atom. The minimum Gasteiger partial charge on any atom is -0.381 e. The van der Waals surface area contributed by atoms with Gasteiger partial charge < -0.3 is 10.2 Å². The number of rotatable bonds is 4. The van der Waals surface area contributed by atoms with Crippen molar-refractivity contribution in [2.24, 2.45) is 0 Å². The van der Waals surface area contributed by atoms with Crippen molar-refractivity contribution >= 4 is 23.0 Å². The molecule has 0 bridgehead atoms. The van der Waals surface area contributed by atoms with E-state index in [1.54, 1.807) is 0 Å². The maximum atomic E-state index is 11.4. The maximum absolute atomic E-state index is 11.4. The van der Waals surface area contributed by atoms with Crippen LogP contribution in [0.25, 0.3) is 0 Å². The van der Waals surface area contributed by atoms with Gasteiger partial charge in [0.25, 0.3) is 5.56 Å². The van der Waals surface area contributed by atoms with Gasteiger partial charge in [0.05, 0.1) is 11.9 Å². The van der Waals surface area contributed by atoms with E-state index in [0.29, 0.717) is 18.3 Å². The molecule has 0 aliphatic carbocycles. The Kier molecular flexibility index (Phi) is 3.84. The van der Waals surface area contributed by atoms with E-state index in [9.17, 15) is 4.79 Å². The molecule has 1 aromatic carbocycles. The molecule has 110 valence electrons. The molecule has 1 aliphatic heterocycles. The van der Waals surface area contributed by atoms with Crippen molar-refractivity contribution in [2.45, 2.75) is 19.4 Å². The molecule has 0 saturated heterocycles. The number of nitrogens with one attached hydrogen (secondary N) is 2. The molecule has 1 aromatic heterocycles. The van der Waals surface area contributed by atoms with Gasteiger partial charge in [-0.25, -0.2) is 5.10 Å². The van der Waals surface area contributed by atoms with Crippen molar-refractivity contribution < 1.29 is 0 Å². The summed E-state index contributed by atoms with van der Waals surface area (Å²) in [5.41, 5.74) is 2.88. The molecule has 0 saturated carbocycles. The maximum Gasteiger partial charge on any atom is 0.285 e. The average Bonchev–Trinajstić information content (AvgIpc) is 2.80. The van der Waals surface area contributed by atoms with Gasteiger partial charge >= 0.3 is 0 Å². The summed E-state index contributed by atoms with van der Waals surface area (Å²) in [5, 5.41) is 9.38. The summed E-state index contributed by atoms with van der Waals surface area (Å²) in [6.07, 6.45) is 2.61. The van der Waals surface area contributed by atoms with E-state index in [1.165, 1.54) is 17.4 Å². The highest BCUT2D eigenvalue weighted by molar-refractivity contribution is 6.32. The largest absolute Gasteiger partial charge is 0.381 e. The Morgan fingerprint density at radius 3 is 3.14 bits per heavy atom. The highest BCUT2D eigenvalue weighted by Crippen LogP contribution is 2.31. The third kappa shape index (κ3) is 2.74. The van der Waals surface area contributed by atoms with Crippen molar-refractivity contribution in [3.63, 3.8) is 0 Å². The van der Waals surface area contributed by atoms with E-state index in [4.69, 9.17) is 11.6 Å². The number of aromatic nitrogens is 2. The van der Waals surface area contributed by atoms with Crippen molar-refractivity contribution in [1.82, 2.24) is 10.2 Å². The number of benzene rings is 1. The van der Waals surface area contributed by atoms with E-state index in [0.717, 1.165) is 13.0 Å². The molecule has 2 heterocycles. The van der Waals surface area contributed by atoms with Crippen LogP contribution in [-0.2, 0) is 6.42 Å². The number of nitrogens with zero attached hydrogens (tertiary/aromatic N) is 2. The van der Waals surface area contributed by atoms with Gasteiger partial charge in [-0.05, 0) is 25.0 Å². The van der Waals surface area contributed by atoms with Gasteiger partial charge in [-0.1, -0.05) is 29.8 Å². The van der Waals surface area contributed by atoms with Crippen LogP contribution in [0.3, 0.4) is 0 Å². The molecule has 3 rings (SSSR count). The second-order valence-corrected chi connectivity index (χ2v) is 5.61. The van der Waals surface area contributed by atoms with Crippen LogP contribution in [0, 0.1) is 0 Å². The van der Waals surface area contributed by atoms with Gasteiger partial charge in [0.15, 0.2) is 0 Å². The zero-order valence-corrected chi connectivity index (χ0v) is 12.5. The molecule has 0 amide bonds. The molecule has 0 spiro atoms. The van der Waals surface area contributed by atoms with Crippen molar-refractivity contribution in [2.75, 3.05) is 23.3 Å². The Balaban J connectivity index is 1.66. The number of H-pyrrole nitrogens is 1. The lowest BCUT2D eigenvalue weighted by Gasteiger charge is -2.25. The van der Waals surface area contributed by atoms with Gasteiger partial charge in [-0.3, -0.25) is 4.79 Å². The quantitative estimate of drug-likeness (QED) is 0.910. The van der Waals surface area contributed by atoms with Crippen LogP contribution in [0.5, 0.6) is 0 Å². The first-order valence-corrected chi connectivity index (χ1v) is 7.36. The Bertz CT molecular complexity index is 700. The summed E-state index contributed by atoms with van der Waals surface area (Å²) < 4.78 is 0. The number of anilines is 2. The fourth-order valence-corrected chi connectivity index (χ4v) is 2.95. The third-order valence-corrected chi connectivity index (χ3v) is 4.19. The van der Waals surface area contributed by atoms with Crippen LogP contribution in [0.15, 0.2) is 35.3 Å². The average molecular weight is 305 g/mol. The van der Waals surface area contributed by atoms with Crippen LogP contribution < -0.4 is 15.8 Å². The predicted octanol–water partition coefficient (Wildman–Crippen LogP) is 2.29. The standard InChI is InChI=1S/C15H17ClN4O/c1-10-8-11-4-2-3-5-13(11)20(10)7-6-17-12-9-18-19-15(21)14(12)16/h2-5,9-10H,6-8H2,1H3,(H2,17,19,21). The first-order valence-electron chi connectivity index (χ1n) is 6.98. The summed E-state index contributed by atoms with van der Waals surface area (Å²) in [5.74, 6) is 0. The highest BCUT2D eigenvalue weighted by Gasteiger charge is 2.24. The van der Waals surface area contributed by atoms with Crippen LogP contribution in [0.1, 0.15) is 12.5 Å². The first-order chi connectivity index (χ1) is 10.2. The Labute approximate surface area is 127 Å². The second-order valence-electron chi connectivity index (χ2n) is 5.23. The molecule has 0 radical (unpaired) electrons. The number of halogens is 1. The molecular weight excluding hydrogens is 288 g/mol. The fraction of sp³-hybridized carbons (Fsp3) is 0.333. The molecule has 21 heavy (non-hydrogen) atoms. The van der Waals surface area contributed by atoms with E-state index < -0.39 is 0 Å². The van der Waals surface area contributed by atoms with Crippen LogP contribution in [0.2, 0.25) is 5.02 Å². The van der Waals surface area contributed by atoms with Crippen LogP contribution in [-0.4, -0.2) is 29.3 Å². The van der Waals surface area contributed by atoms with Crippen LogP contribution >= 0.6 is 11.6 Å². The number of fused-ring (bicyclic) bond motifs is 1. The van der Waals surface area contributed by atoms with Gasteiger partial charge in [0.1, 0.15) is 5.02 Å². The molecule has 5 nitrogen and oxygen atoms in total. The third-order valence-electron chi connectivity index (χ3n) is 3.81. The topological polar surface area (TPSA) is 61.0 Å². The number of hydrogen-bond donors (Lipinski definition) is 2. The zero-order valence-electron chi connectivity index (χ0n) is 11.8. The smallest absolute Gasteiger partial charge is 0.285 e. The molecule has 1 atom stereocenters. The monoisotopic (exact) mass is 304 g/mol.